The first-order valence-electron chi connectivity index (χ1n) is 9.86. The monoisotopic (exact) mass is 381 g/mol. The number of anilines is 2. The zero-order valence-electron chi connectivity index (χ0n) is 16.3. The van der Waals surface area contributed by atoms with Gasteiger partial charge >= 0.3 is 0 Å². The normalized spacial score (nSPS) is 17.3. The number of hydrogen-bond acceptors (Lipinski definition) is 5. The second-order valence-electron chi connectivity index (χ2n) is 7.12. The van der Waals surface area contributed by atoms with Crippen LogP contribution < -0.4 is 14.5 Å². The van der Waals surface area contributed by atoms with E-state index >= 15 is 0 Å². The number of carbonyl (C=O) groups excluding carboxylic acids is 1. The largest absolute Gasteiger partial charge is 0.497 e. The van der Waals surface area contributed by atoms with Crippen LogP contribution in [0.1, 0.15) is 10.4 Å². The Labute approximate surface area is 166 Å². The van der Waals surface area contributed by atoms with Crippen molar-refractivity contribution in [1.82, 2.24) is 4.90 Å². The van der Waals surface area contributed by atoms with Crippen molar-refractivity contribution in [3.8, 4) is 5.75 Å². The minimum Gasteiger partial charge on any atom is -0.497 e. The molecule has 0 radical (unpaired) electrons. The highest BCUT2D eigenvalue weighted by molar-refractivity contribution is 6.08. The second kappa shape index (κ2) is 8.63. The quantitative estimate of drug-likeness (QED) is 0.796. The van der Waals surface area contributed by atoms with Gasteiger partial charge in [0.2, 0.25) is 0 Å². The smallest absolute Gasteiger partial charge is 0.258 e. The molecule has 4 rings (SSSR count). The fraction of sp³-hybridized carbons (Fsp3) is 0.409. The number of amides is 1. The maximum atomic E-state index is 13.2. The predicted molar refractivity (Wildman–Crippen MR) is 111 cm³/mol. The summed E-state index contributed by atoms with van der Waals surface area (Å²) in [6.45, 7) is 7.11. The Morgan fingerprint density at radius 1 is 0.964 bits per heavy atom. The summed E-state index contributed by atoms with van der Waals surface area (Å²) in [6.07, 6.45) is 0. The van der Waals surface area contributed by atoms with E-state index < -0.39 is 0 Å². The van der Waals surface area contributed by atoms with Gasteiger partial charge in [-0.2, -0.15) is 0 Å². The van der Waals surface area contributed by atoms with E-state index in [2.05, 4.69) is 15.9 Å². The average molecular weight is 381 g/mol. The number of nitrogens with zero attached hydrogens (tertiary/aromatic N) is 3. The lowest BCUT2D eigenvalue weighted by atomic mass is 10.1. The standard InChI is InChI=1S/C22H27N3O3/c1-27-19-6-4-5-18(17-19)22(26)25-12-11-24(20-7-2-3-8-21(20)25)10-9-23-13-15-28-16-14-23/h2-8,17H,9-16H2,1H3. The molecule has 0 atom stereocenters. The van der Waals surface area contributed by atoms with Crippen molar-refractivity contribution in [3.63, 3.8) is 0 Å². The second-order valence-corrected chi connectivity index (χ2v) is 7.12. The number of ether oxygens (including phenoxy) is 2. The molecule has 0 aromatic heterocycles. The van der Waals surface area contributed by atoms with Crippen LogP contribution in [0.25, 0.3) is 0 Å². The number of morpholine rings is 1. The third-order valence-corrected chi connectivity index (χ3v) is 5.46. The summed E-state index contributed by atoms with van der Waals surface area (Å²) >= 11 is 0. The number of methoxy groups -OCH3 is 1. The summed E-state index contributed by atoms with van der Waals surface area (Å²) in [7, 11) is 1.62. The van der Waals surface area contributed by atoms with Gasteiger partial charge in [0.25, 0.3) is 5.91 Å². The molecule has 0 spiro atoms. The third-order valence-electron chi connectivity index (χ3n) is 5.46. The van der Waals surface area contributed by atoms with E-state index in [1.165, 1.54) is 0 Å². The first kappa shape index (κ1) is 18.8. The number of hydrogen-bond donors (Lipinski definition) is 0. The van der Waals surface area contributed by atoms with Crippen molar-refractivity contribution < 1.29 is 14.3 Å². The van der Waals surface area contributed by atoms with Crippen LogP contribution in [-0.2, 0) is 4.74 Å². The molecule has 0 N–H and O–H groups in total. The Hall–Kier alpha value is -2.57. The lowest BCUT2D eigenvalue weighted by Crippen LogP contribution is -2.47. The molecule has 6 heteroatoms. The first-order valence-corrected chi connectivity index (χ1v) is 9.86. The summed E-state index contributed by atoms with van der Waals surface area (Å²) in [5.74, 6) is 0.711. The van der Waals surface area contributed by atoms with Crippen molar-refractivity contribution in [2.45, 2.75) is 0 Å². The van der Waals surface area contributed by atoms with Crippen LogP contribution in [0.2, 0.25) is 0 Å². The summed E-state index contributed by atoms with van der Waals surface area (Å²) in [4.78, 5) is 19.9. The summed E-state index contributed by atoms with van der Waals surface area (Å²) < 4.78 is 10.7. The van der Waals surface area contributed by atoms with E-state index in [1.807, 2.05) is 41.3 Å². The SMILES string of the molecule is COc1cccc(C(=O)N2CCN(CCN3CCOCC3)c3ccccc32)c1. The highest BCUT2D eigenvalue weighted by Crippen LogP contribution is 2.33. The molecule has 2 aliphatic heterocycles. The van der Waals surface area contributed by atoms with Gasteiger partial charge in [0.15, 0.2) is 0 Å². The van der Waals surface area contributed by atoms with Crippen LogP contribution in [0.3, 0.4) is 0 Å². The van der Waals surface area contributed by atoms with E-state index in [1.54, 1.807) is 13.2 Å². The van der Waals surface area contributed by atoms with Gasteiger partial charge in [-0.05, 0) is 30.3 Å². The highest BCUT2D eigenvalue weighted by atomic mass is 16.5. The third kappa shape index (κ3) is 3.98. The molecule has 6 nitrogen and oxygen atoms in total. The van der Waals surface area contributed by atoms with Gasteiger partial charge < -0.3 is 19.3 Å². The van der Waals surface area contributed by atoms with Gasteiger partial charge in [0.1, 0.15) is 5.75 Å². The van der Waals surface area contributed by atoms with Crippen molar-refractivity contribution in [3.05, 3.63) is 54.1 Å². The Morgan fingerprint density at radius 3 is 2.54 bits per heavy atom. The summed E-state index contributed by atoms with van der Waals surface area (Å²) in [5, 5.41) is 0. The Kier molecular flexibility index (Phi) is 5.78. The zero-order chi connectivity index (χ0) is 19.3. The minimum atomic E-state index is 0.0131. The van der Waals surface area contributed by atoms with Crippen molar-refractivity contribution in [1.29, 1.82) is 0 Å². The maximum Gasteiger partial charge on any atom is 0.258 e. The summed E-state index contributed by atoms with van der Waals surface area (Å²) in [5.41, 5.74) is 2.75. The van der Waals surface area contributed by atoms with Crippen LogP contribution >= 0.6 is 0 Å². The van der Waals surface area contributed by atoms with Crippen LogP contribution in [0.4, 0.5) is 11.4 Å². The van der Waals surface area contributed by atoms with E-state index in [0.29, 0.717) is 17.9 Å². The average Bonchev–Trinajstić information content (AvgIpc) is 2.77. The minimum absolute atomic E-state index is 0.0131. The molecule has 28 heavy (non-hydrogen) atoms. The molecular weight excluding hydrogens is 354 g/mol. The predicted octanol–water partition coefficient (Wildman–Crippen LogP) is 2.49. The number of benzene rings is 2. The molecule has 0 aliphatic carbocycles. The van der Waals surface area contributed by atoms with Gasteiger partial charge in [0.05, 0.1) is 31.7 Å². The lowest BCUT2D eigenvalue weighted by Gasteiger charge is -2.39. The molecule has 148 valence electrons. The van der Waals surface area contributed by atoms with E-state index in [-0.39, 0.29) is 5.91 Å². The molecule has 0 bridgehead atoms. The van der Waals surface area contributed by atoms with Crippen LogP contribution in [0.5, 0.6) is 5.75 Å². The maximum absolute atomic E-state index is 13.2. The molecule has 1 saturated heterocycles. The molecular formula is C22H27N3O3. The lowest BCUT2D eigenvalue weighted by molar-refractivity contribution is 0.0391. The van der Waals surface area contributed by atoms with Gasteiger partial charge in [-0.3, -0.25) is 9.69 Å². The molecule has 2 aromatic carbocycles. The van der Waals surface area contributed by atoms with E-state index in [0.717, 1.165) is 57.3 Å². The van der Waals surface area contributed by atoms with Crippen molar-refractivity contribution in [2.24, 2.45) is 0 Å². The molecule has 2 aromatic rings. The number of para-hydroxylation sites is 2. The van der Waals surface area contributed by atoms with Crippen molar-refractivity contribution >= 4 is 17.3 Å². The number of fused-ring (bicyclic) bond motifs is 1. The fourth-order valence-corrected chi connectivity index (χ4v) is 3.86. The Bertz CT molecular complexity index is 820. The molecule has 1 amide bonds. The van der Waals surface area contributed by atoms with Crippen LogP contribution in [-0.4, -0.2) is 70.4 Å². The summed E-state index contributed by atoms with van der Waals surface area (Å²) in [6, 6.07) is 15.5. The van der Waals surface area contributed by atoms with E-state index in [9.17, 15) is 4.79 Å². The Balaban J connectivity index is 1.51. The van der Waals surface area contributed by atoms with Crippen LogP contribution in [0.15, 0.2) is 48.5 Å². The topological polar surface area (TPSA) is 45.2 Å². The van der Waals surface area contributed by atoms with Crippen molar-refractivity contribution in [2.75, 3.05) is 69.4 Å². The molecule has 0 unspecified atom stereocenters. The van der Waals surface area contributed by atoms with Gasteiger partial charge in [-0.25, -0.2) is 0 Å². The fourth-order valence-electron chi connectivity index (χ4n) is 3.86. The van der Waals surface area contributed by atoms with Crippen LogP contribution in [0, 0.1) is 0 Å². The molecule has 0 saturated carbocycles. The van der Waals surface area contributed by atoms with E-state index in [4.69, 9.17) is 9.47 Å². The Morgan fingerprint density at radius 2 is 1.75 bits per heavy atom. The van der Waals surface area contributed by atoms with Gasteiger partial charge in [-0.15, -0.1) is 0 Å². The molecule has 2 aliphatic rings. The molecule has 1 fully saturated rings. The van der Waals surface area contributed by atoms with Gasteiger partial charge in [0, 0.05) is 44.8 Å². The first-order chi connectivity index (χ1) is 13.8. The molecule has 2 heterocycles. The van der Waals surface area contributed by atoms with Gasteiger partial charge in [-0.1, -0.05) is 18.2 Å². The zero-order valence-corrected chi connectivity index (χ0v) is 16.3. The number of rotatable bonds is 5. The highest BCUT2D eigenvalue weighted by Gasteiger charge is 2.27. The number of carbonyl (C=O) groups is 1.